The number of unbranched alkanes of at least 4 members (excludes halogenated alkanes) is 45. The Hall–Kier alpha value is -1.94. The Kier molecular flexibility index (Phi) is 66.5. The number of carbonyl (C=O) groups is 4. The number of aliphatic hydroxyl groups excluding tert-OH is 1. The standard InChI is InChI=1S/C76H148O17P2/c1-7-9-11-13-15-17-19-21-23-25-29-33-40-46-52-58-73(78)86-64-71(92-76(81)61-55-49-43-35-31-27-26-28-32-38-44-50-56-68(3)4)66-90-94(82,83)88-62-70(77)63-89-95(84,85)91-67-72(65-87-74(79)59-53-47-41-37-36-39-45-51-57-69(5)6)93-75(80)60-54-48-42-34-30-24-22-20-18-16-14-12-10-8-2/h68-72,77H,7-67H2,1-6H3,(H,82,83)(H,84,85)/t70-,71-,72-/m1/s1. The van der Waals surface area contributed by atoms with E-state index >= 15 is 0 Å². The SMILES string of the molecule is CCCCCCCCCCCCCCCCCC(=O)OC[C@H](COP(=O)(O)OC[C@@H](O)COP(=O)(O)OC[C@@H](COC(=O)CCCCCCCCCCC(C)C)OC(=O)CCCCCCCCCCCCCCCC)OC(=O)CCCCCCCCCCCCCCC(C)C. The van der Waals surface area contributed by atoms with Gasteiger partial charge in [-0.25, -0.2) is 9.13 Å². The Labute approximate surface area is 581 Å². The van der Waals surface area contributed by atoms with Crippen molar-refractivity contribution < 1.29 is 80.2 Å². The van der Waals surface area contributed by atoms with Gasteiger partial charge in [-0.1, -0.05) is 343 Å². The highest BCUT2D eigenvalue weighted by atomic mass is 31.2. The molecule has 0 aliphatic rings. The quantitative estimate of drug-likeness (QED) is 0.0222. The maximum atomic E-state index is 13.1. The van der Waals surface area contributed by atoms with E-state index in [9.17, 15) is 43.2 Å². The predicted molar refractivity (Wildman–Crippen MR) is 386 cm³/mol. The molecule has 0 aliphatic heterocycles. The molecule has 0 saturated carbocycles. The molecule has 3 N–H and O–H groups in total. The number of phosphoric ester groups is 2. The van der Waals surface area contributed by atoms with Crippen molar-refractivity contribution in [2.45, 2.75) is 413 Å². The predicted octanol–water partition coefficient (Wildman–Crippen LogP) is 22.3. The molecule has 0 radical (unpaired) electrons. The van der Waals surface area contributed by atoms with E-state index in [1.165, 1.54) is 212 Å². The Morgan fingerprint density at radius 1 is 0.284 bits per heavy atom. The molecule has 0 spiro atoms. The highest BCUT2D eigenvalue weighted by Crippen LogP contribution is 2.45. The molecule has 0 bridgehead atoms. The van der Waals surface area contributed by atoms with Gasteiger partial charge in [-0.2, -0.15) is 0 Å². The van der Waals surface area contributed by atoms with Crippen molar-refractivity contribution >= 4 is 39.5 Å². The first kappa shape index (κ1) is 93.1. The molecule has 0 amide bonds. The highest BCUT2D eigenvalue weighted by molar-refractivity contribution is 7.47. The first-order chi connectivity index (χ1) is 45.9. The molecule has 5 atom stereocenters. The fraction of sp³-hybridized carbons (Fsp3) is 0.947. The topological polar surface area (TPSA) is 237 Å². The highest BCUT2D eigenvalue weighted by Gasteiger charge is 2.30. The monoisotopic (exact) mass is 1400 g/mol. The summed E-state index contributed by atoms with van der Waals surface area (Å²) in [5.41, 5.74) is 0. The van der Waals surface area contributed by atoms with Crippen LogP contribution in [0, 0.1) is 11.8 Å². The molecule has 0 saturated heterocycles. The lowest BCUT2D eigenvalue weighted by Gasteiger charge is -2.21. The van der Waals surface area contributed by atoms with Crippen molar-refractivity contribution in [3.63, 3.8) is 0 Å². The van der Waals surface area contributed by atoms with Crippen LogP contribution < -0.4 is 0 Å². The summed E-state index contributed by atoms with van der Waals surface area (Å²) in [6.07, 6.45) is 55.4. The van der Waals surface area contributed by atoms with Crippen LogP contribution in [0.5, 0.6) is 0 Å². The van der Waals surface area contributed by atoms with Gasteiger partial charge in [0, 0.05) is 25.7 Å². The van der Waals surface area contributed by atoms with Crippen molar-refractivity contribution in [1.82, 2.24) is 0 Å². The Morgan fingerprint density at radius 3 is 0.716 bits per heavy atom. The van der Waals surface area contributed by atoms with Crippen LogP contribution in [-0.2, 0) is 65.4 Å². The van der Waals surface area contributed by atoms with Gasteiger partial charge in [-0.3, -0.25) is 37.3 Å². The molecular formula is C76H148O17P2. The summed E-state index contributed by atoms with van der Waals surface area (Å²) in [7, 11) is -9.91. The Bertz CT molecular complexity index is 1840. The minimum atomic E-state index is -4.96. The third kappa shape index (κ3) is 70.3. The molecule has 0 fully saturated rings. The summed E-state index contributed by atoms with van der Waals surface area (Å²) >= 11 is 0. The number of aliphatic hydroxyl groups is 1. The number of ether oxygens (including phenoxy) is 4. The van der Waals surface area contributed by atoms with Gasteiger partial charge in [-0.05, 0) is 37.5 Å². The van der Waals surface area contributed by atoms with Crippen molar-refractivity contribution in [3.8, 4) is 0 Å². The molecule has 0 aromatic heterocycles. The molecule has 564 valence electrons. The number of hydrogen-bond acceptors (Lipinski definition) is 15. The van der Waals surface area contributed by atoms with Crippen molar-refractivity contribution in [3.05, 3.63) is 0 Å². The lowest BCUT2D eigenvalue weighted by molar-refractivity contribution is -0.161. The maximum Gasteiger partial charge on any atom is 0.472 e. The molecular weight excluding hydrogens is 1250 g/mol. The lowest BCUT2D eigenvalue weighted by atomic mass is 10.0. The largest absolute Gasteiger partial charge is 0.472 e. The summed E-state index contributed by atoms with van der Waals surface area (Å²) in [5, 5.41) is 10.6. The molecule has 0 aromatic rings. The van der Waals surface area contributed by atoms with Crippen LogP contribution >= 0.6 is 15.6 Å². The first-order valence-corrected chi connectivity index (χ1v) is 42.5. The normalized spacial score (nSPS) is 14.0. The van der Waals surface area contributed by atoms with Crippen LogP contribution in [0.3, 0.4) is 0 Å². The third-order valence-electron chi connectivity index (χ3n) is 17.7. The van der Waals surface area contributed by atoms with E-state index in [4.69, 9.17) is 37.0 Å². The van der Waals surface area contributed by atoms with E-state index in [0.29, 0.717) is 25.7 Å². The second-order valence-corrected chi connectivity index (χ2v) is 31.3. The van der Waals surface area contributed by atoms with Crippen LogP contribution in [0.2, 0.25) is 0 Å². The van der Waals surface area contributed by atoms with Gasteiger partial charge in [0.25, 0.3) is 0 Å². The molecule has 19 heteroatoms. The summed E-state index contributed by atoms with van der Waals surface area (Å²) in [4.78, 5) is 72.8. The second kappa shape index (κ2) is 67.9. The minimum Gasteiger partial charge on any atom is -0.462 e. The smallest absolute Gasteiger partial charge is 0.462 e. The van der Waals surface area contributed by atoms with Gasteiger partial charge in [0.1, 0.15) is 19.3 Å². The van der Waals surface area contributed by atoms with E-state index < -0.39 is 97.5 Å². The molecule has 0 heterocycles. The molecule has 0 aromatic carbocycles. The molecule has 95 heavy (non-hydrogen) atoms. The zero-order valence-corrected chi connectivity index (χ0v) is 63.8. The fourth-order valence-corrected chi connectivity index (χ4v) is 13.2. The van der Waals surface area contributed by atoms with E-state index in [2.05, 4.69) is 41.5 Å². The van der Waals surface area contributed by atoms with E-state index in [-0.39, 0.29) is 25.7 Å². The Balaban J connectivity index is 5.26. The zero-order chi connectivity index (χ0) is 70.0. The van der Waals surface area contributed by atoms with Crippen LogP contribution in [0.15, 0.2) is 0 Å². The van der Waals surface area contributed by atoms with Crippen LogP contribution in [0.4, 0.5) is 0 Å². The van der Waals surface area contributed by atoms with Gasteiger partial charge in [0.2, 0.25) is 0 Å². The van der Waals surface area contributed by atoms with Crippen molar-refractivity contribution in [2.75, 3.05) is 39.6 Å². The number of hydrogen-bond donors (Lipinski definition) is 3. The average molecular weight is 1400 g/mol. The summed E-state index contributed by atoms with van der Waals surface area (Å²) in [6, 6.07) is 0. The number of esters is 4. The minimum absolute atomic E-state index is 0.107. The first-order valence-electron chi connectivity index (χ1n) is 39.5. The summed E-state index contributed by atoms with van der Waals surface area (Å²) < 4.78 is 68.6. The van der Waals surface area contributed by atoms with Gasteiger partial charge < -0.3 is 33.8 Å². The number of rotatable bonds is 75. The van der Waals surface area contributed by atoms with E-state index in [1.54, 1.807) is 0 Å². The van der Waals surface area contributed by atoms with E-state index in [1.807, 2.05) is 0 Å². The summed E-state index contributed by atoms with van der Waals surface area (Å²) in [6.45, 7) is 9.58. The maximum absolute atomic E-state index is 13.1. The van der Waals surface area contributed by atoms with E-state index in [0.717, 1.165) is 102 Å². The average Bonchev–Trinajstić information content (AvgIpc) is 3.67. The van der Waals surface area contributed by atoms with Gasteiger partial charge in [0.05, 0.1) is 26.4 Å². The lowest BCUT2D eigenvalue weighted by Crippen LogP contribution is -2.30. The third-order valence-corrected chi connectivity index (χ3v) is 19.6. The van der Waals surface area contributed by atoms with Crippen LogP contribution in [-0.4, -0.2) is 96.7 Å². The second-order valence-electron chi connectivity index (χ2n) is 28.3. The number of carbonyl (C=O) groups excluding carboxylic acids is 4. The van der Waals surface area contributed by atoms with Gasteiger partial charge in [0.15, 0.2) is 12.2 Å². The van der Waals surface area contributed by atoms with Crippen molar-refractivity contribution in [1.29, 1.82) is 0 Å². The zero-order valence-electron chi connectivity index (χ0n) is 62.0. The van der Waals surface area contributed by atoms with Crippen LogP contribution in [0.25, 0.3) is 0 Å². The number of phosphoric acid groups is 2. The fourth-order valence-electron chi connectivity index (χ4n) is 11.7. The van der Waals surface area contributed by atoms with Crippen molar-refractivity contribution in [2.24, 2.45) is 11.8 Å². The van der Waals surface area contributed by atoms with Gasteiger partial charge in [-0.15, -0.1) is 0 Å². The van der Waals surface area contributed by atoms with Crippen LogP contribution in [0.1, 0.15) is 395 Å². The molecule has 0 aliphatic carbocycles. The molecule has 0 rings (SSSR count). The molecule has 2 unspecified atom stereocenters. The summed E-state index contributed by atoms with van der Waals surface area (Å²) in [5.74, 6) is -0.610. The molecule has 17 nitrogen and oxygen atoms in total. The Morgan fingerprint density at radius 2 is 0.484 bits per heavy atom. The van der Waals surface area contributed by atoms with Gasteiger partial charge >= 0.3 is 39.5 Å².